The molecule has 1 heterocycles. The molecule has 0 aromatic heterocycles. The Kier molecular flexibility index (Phi) is 5.31. The van der Waals surface area contributed by atoms with Crippen molar-refractivity contribution >= 4 is 23.5 Å². The molecule has 26 heavy (non-hydrogen) atoms. The molecule has 6 nitrogen and oxygen atoms in total. The summed E-state index contributed by atoms with van der Waals surface area (Å²) >= 11 is 0. The van der Waals surface area contributed by atoms with Crippen molar-refractivity contribution < 1.29 is 19.5 Å². The largest absolute Gasteiger partial charge is 0.481 e. The van der Waals surface area contributed by atoms with E-state index in [9.17, 15) is 14.4 Å². The number of amides is 2. The number of carboxylic acids is 1. The van der Waals surface area contributed by atoms with E-state index in [-0.39, 0.29) is 24.3 Å². The number of carbonyl (C=O) groups is 3. The summed E-state index contributed by atoms with van der Waals surface area (Å²) in [7, 11) is 0. The molecule has 2 amide bonds. The van der Waals surface area contributed by atoms with Gasteiger partial charge in [-0.05, 0) is 49.2 Å². The second kappa shape index (κ2) is 7.82. The lowest BCUT2D eigenvalue weighted by molar-refractivity contribution is -0.137. The number of rotatable bonds is 5. The number of likely N-dealkylation sites (tertiary alicyclic amines) is 1. The number of aliphatic carboxylic acids is 1. The Morgan fingerprint density at radius 1 is 1.00 bits per heavy atom. The van der Waals surface area contributed by atoms with Crippen molar-refractivity contribution in [2.45, 2.75) is 25.3 Å². The van der Waals surface area contributed by atoms with Crippen LogP contribution >= 0.6 is 0 Å². The number of nitrogens with zero attached hydrogens (tertiary/aromatic N) is 1. The average Bonchev–Trinajstić information content (AvgIpc) is 3.10. The van der Waals surface area contributed by atoms with Crippen LogP contribution in [-0.2, 0) is 4.79 Å². The quantitative estimate of drug-likeness (QED) is 0.866. The fourth-order valence-electron chi connectivity index (χ4n) is 3.17. The molecule has 1 saturated heterocycles. The highest BCUT2D eigenvalue weighted by Crippen LogP contribution is 2.23. The van der Waals surface area contributed by atoms with E-state index in [1.165, 1.54) is 0 Å². The molecule has 2 aromatic rings. The lowest BCUT2D eigenvalue weighted by Crippen LogP contribution is -2.36. The topological polar surface area (TPSA) is 86.7 Å². The summed E-state index contributed by atoms with van der Waals surface area (Å²) in [6, 6.07) is 15.3. The number of carboxylic acid groups (broad SMARTS) is 1. The number of benzene rings is 2. The number of nitrogens with one attached hydrogen (secondary N) is 1. The molecule has 2 N–H and O–H groups in total. The van der Waals surface area contributed by atoms with Crippen molar-refractivity contribution in [3.63, 3.8) is 0 Å². The molecule has 2 aromatic carbocycles. The molecule has 1 aliphatic rings. The Morgan fingerprint density at radius 2 is 1.69 bits per heavy atom. The van der Waals surface area contributed by atoms with Gasteiger partial charge in [0.05, 0.1) is 6.42 Å². The normalized spacial score (nSPS) is 16.3. The molecule has 1 fully saturated rings. The van der Waals surface area contributed by atoms with E-state index in [4.69, 9.17) is 5.11 Å². The highest BCUT2D eigenvalue weighted by Gasteiger charge is 2.30. The molecule has 0 aliphatic carbocycles. The lowest BCUT2D eigenvalue weighted by Gasteiger charge is -2.23. The van der Waals surface area contributed by atoms with Gasteiger partial charge in [-0.1, -0.05) is 18.2 Å². The van der Waals surface area contributed by atoms with Crippen LogP contribution in [0.5, 0.6) is 0 Å². The Morgan fingerprint density at radius 3 is 2.35 bits per heavy atom. The Hall–Kier alpha value is -3.15. The van der Waals surface area contributed by atoms with E-state index in [2.05, 4.69) is 5.32 Å². The van der Waals surface area contributed by atoms with Gasteiger partial charge in [-0.3, -0.25) is 14.4 Å². The minimum absolute atomic E-state index is 0.0308. The van der Waals surface area contributed by atoms with Crippen molar-refractivity contribution in [3.05, 3.63) is 65.7 Å². The van der Waals surface area contributed by atoms with Gasteiger partial charge in [-0.2, -0.15) is 0 Å². The molecule has 0 saturated carbocycles. The summed E-state index contributed by atoms with van der Waals surface area (Å²) in [6.45, 7) is 0.573. The van der Waals surface area contributed by atoms with Crippen LogP contribution in [0.2, 0.25) is 0 Å². The molecule has 0 radical (unpaired) electrons. The van der Waals surface area contributed by atoms with Gasteiger partial charge in [-0.15, -0.1) is 0 Å². The first-order valence-electron chi connectivity index (χ1n) is 8.54. The van der Waals surface area contributed by atoms with Gasteiger partial charge in [-0.25, -0.2) is 0 Å². The zero-order chi connectivity index (χ0) is 18.5. The monoisotopic (exact) mass is 352 g/mol. The predicted molar refractivity (Wildman–Crippen MR) is 97.1 cm³/mol. The fraction of sp³-hybridized carbons (Fsp3) is 0.250. The van der Waals surface area contributed by atoms with Crippen LogP contribution in [-0.4, -0.2) is 40.4 Å². The van der Waals surface area contributed by atoms with Gasteiger partial charge in [0, 0.05) is 29.4 Å². The average molecular weight is 352 g/mol. The maximum absolute atomic E-state index is 12.6. The summed E-state index contributed by atoms with van der Waals surface area (Å²) in [4.78, 5) is 37.4. The minimum Gasteiger partial charge on any atom is -0.481 e. The number of hydrogen-bond donors (Lipinski definition) is 2. The van der Waals surface area contributed by atoms with Crippen molar-refractivity contribution in [2.75, 3.05) is 11.9 Å². The zero-order valence-electron chi connectivity index (χ0n) is 14.2. The van der Waals surface area contributed by atoms with Crippen LogP contribution in [0.25, 0.3) is 0 Å². The standard InChI is InChI=1S/C20H20N2O4/c23-18(24)13-17-7-4-12-22(17)20(26)15-8-10-16(11-9-15)21-19(25)14-5-2-1-3-6-14/h1-3,5-6,8-11,17H,4,7,12-13H2,(H,21,25)(H,23,24). The second-order valence-electron chi connectivity index (χ2n) is 6.29. The Labute approximate surface area is 151 Å². The molecule has 134 valence electrons. The molecular weight excluding hydrogens is 332 g/mol. The van der Waals surface area contributed by atoms with Gasteiger partial charge < -0.3 is 15.3 Å². The van der Waals surface area contributed by atoms with Crippen LogP contribution in [0, 0.1) is 0 Å². The van der Waals surface area contributed by atoms with E-state index in [0.29, 0.717) is 29.8 Å². The smallest absolute Gasteiger partial charge is 0.305 e. The molecule has 1 aliphatic heterocycles. The number of anilines is 1. The maximum Gasteiger partial charge on any atom is 0.305 e. The van der Waals surface area contributed by atoms with Crippen LogP contribution in [0.15, 0.2) is 54.6 Å². The Bertz CT molecular complexity index is 802. The van der Waals surface area contributed by atoms with E-state index >= 15 is 0 Å². The van der Waals surface area contributed by atoms with Gasteiger partial charge in [0.15, 0.2) is 0 Å². The van der Waals surface area contributed by atoms with Crippen LogP contribution in [0.1, 0.15) is 40.0 Å². The van der Waals surface area contributed by atoms with Gasteiger partial charge in [0.2, 0.25) is 0 Å². The number of carbonyl (C=O) groups excluding carboxylic acids is 2. The van der Waals surface area contributed by atoms with Crippen LogP contribution in [0.3, 0.4) is 0 Å². The third kappa shape index (κ3) is 4.08. The van der Waals surface area contributed by atoms with E-state index in [1.54, 1.807) is 53.4 Å². The molecular formula is C20H20N2O4. The Balaban J connectivity index is 1.66. The van der Waals surface area contributed by atoms with E-state index < -0.39 is 5.97 Å². The zero-order valence-corrected chi connectivity index (χ0v) is 14.2. The molecule has 1 atom stereocenters. The van der Waals surface area contributed by atoms with Gasteiger partial charge in [0.1, 0.15) is 0 Å². The molecule has 3 rings (SSSR count). The summed E-state index contributed by atoms with van der Waals surface area (Å²) < 4.78 is 0. The molecule has 6 heteroatoms. The van der Waals surface area contributed by atoms with Crippen LogP contribution in [0.4, 0.5) is 5.69 Å². The second-order valence-corrected chi connectivity index (χ2v) is 6.29. The molecule has 1 unspecified atom stereocenters. The first-order chi connectivity index (χ1) is 12.5. The molecule has 0 bridgehead atoms. The first kappa shape index (κ1) is 17.7. The molecule has 0 spiro atoms. The first-order valence-corrected chi connectivity index (χ1v) is 8.54. The van der Waals surface area contributed by atoms with E-state index in [1.807, 2.05) is 6.07 Å². The highest BCUT2D eigenvalue weighted by molar-refractivity contribution is 6.04. The maximum atomic E-state index is 12.6. The van der Waals surface area contributed by atoms with Crippen LogP contribution < -0.4 is 5.32 Å². The summed E-state index contributed by atoms with van der Waals surface area (Å²) in [5, 5.41) is 11.8. The van der Waals surface area contributed by atoms with Gasteiger partial charge >= 0.3 is 5.97 Å². The summed E-state index contributed by atoms with van der Waals surface area (Å²) in [5.41, 5.74) is 1.64. The summed E-state index contributed by atoms with van der Waals surface area (Å²) in [6.07, 6.45) is 1.50. The number of hydrogen-bond acceptors (Lipinski definition) is 3. The highest BCUT2D eigenvalue weighted by atomic mass is 16.4. The predicted octanol–water partition coefficient (Wildman–Crippen LogP) is 3.02. The van der Waals surface area contributed by atoms with Crippen molar-refractivity contribution in [1.82, 2.24) is 4.90 Å². The van der Waals surface area contributed by atoms with Crippen molar-refractivity contribution in [3.8, 4) is 0 Å². The van der Waals surface area contributed by atoms with E-state index in [0.717, 1.165) is 6.42 Å². The summed E-state index contributed by atoms with van der Waals surface area (Å²) in [5.74, 6) is -1.28. The fourth-order valence-corrected chi connectivity index (χ4v) is 3.17. The third-order valence-corrected chi connectivity index (χ3v) is 4.47. The third-order valence-electron chi connectivity index (χ3n) is 4.47. The van der Waals surface area contributed by atoms with Crippen molar-refractivity contribution in [2.24, 2.45) is 0 Å². The van der Waals surface area contributed by atoms with Crippen molar-refractivity contribution in [1.29, 1.82) is 0 Å². The lowest BCUT2D eigenvalue weighted by atomic mass is 10.1. The minimum atomic E-state index is -0.895. The van der Waals surface area contributed by atoms with Gasteiger partial charge in [0.25, 0.3) is 11.8 Å². The SMILES string of the molecule is O=C(O)CC1CCCN1C(=O)c1ccc(NC(=O)c2ccccc2)cc1.